The molecule has 1 aliphatic carbocycles. The molecule has 0 bridgehead atoms. The fourth-order valence-electron chi connectivity index (χ4n) is 4.09. The molecule has 1 amide bonds. The van der Waals surface area contributed by atoms with E-state index in [1.165, 1.54) is 12.5 Å². The highest BCUT2D eigenvalue weighted by atomic mass is 35.5. The van der Waals surface area contributed by atoms with E-state index in [4.69, 9.17) is 26.9 Å². The van der Waals surface area contributed by atoms with Gasteiger partial charge in [-0.15, -0.1) is 0 Å². The van der Waals surface area contributed by atoms with Gasteiger partial charge in [0.05, 0.1) is 17.1 Å². The molecule has 32 heavy (non-hydrogen) atoms. The second-order valence-electron chi connectivity index (χ2n) is 8.71. The molecule has 8 nitrogen and oxygen atoms in total. The summed E-state index contributed by atoms with van der Waals surface area (Å²) in [5.74, 6) is 0.151. The van der Waals surface area contributed by atoms with Gasteiger partial charge in [0.25, 0.3) is 5.91 Å². The van der Waals surface area contributed by atoms with Crippen LogP contribution in [0.4, 0.5) is 5.82 Å². The summed E-state index contributed by atoms with van der Waals surface area (Å²) < 4.78 is 5.39. The Morgan fingerprint density at radius 1 is 1.28 bits per heavy atom. The summed E-state index contributed by atoms with van der Waals surface area (Å²) in [4.78, 5) is 34.2. The van der Waals surface area contributed by atoms with Crippen molar-refractivity contribution in [3.8, 4) is 0 Å². The average Bonchev–Trinajstić information content (AvgIpc) is 2.81. The molecule has 1 aromatic rings. The molecule has 2 fully saturated rings. The maximum absolute atomic E-state index is 12.7. The van der Waals surface area contributed by atoms with Crippen molar-refractivity contribution in [2.45, 2.75) is 70.1 Å². The van der Waals surface area contributed by atoms with Crippen molar-refractivity contribution in [1.82, 2.24) is 10.5 Å². The fourth-order valence-corrected chi connectivity index (χ4v) is 4.33. The Balaban J connectivity index is 1.48. The van der Waals surface area contributed by atoms with Gasteiger partial charge in [-0.2, -0.15) is 0 Å². The number of pyridine rings is 1. The van der Waals surface area contributed by atoms with Gasteiger partial charge in [0, 0.05) is 25.3 Å². The highest BCUT2D eigenvalue weighted by Gasteiger charge is 2.37. The molecule has 0 radical (unpaired) electrons. The highest BCUT2D eigenvalue weighted by Crippen LogP contribution is 2.32. The number of aromatic nitrogens is 1. The van der Waals surface area contributed by atoms with Gasteiger partial charge < -0.3 is 15.8 Å². The number of halogens is 1. The van der Waals surface area contributed by atoms with E-state index in [1.807, 2.05) is 6.92 Å². The zero-order valence-electron chi connectivity index (χ0n) is 18.6. The van der Waals surface area contributed by atoms with E-state index < -0.39 is 17.7 Å². The maximum Gasteiger partial charge on any atom is 0.267 e. The molecule has 0 spiro atoms. The molecule has 1 saturated heterocycles. The molecule has 4 N–H and O–H groups in total. The van der Waals surface area contributed by atoms with Crippen molar-refractivity contribution in [1.29, 1.82) is 0 Å². The van der Waals surface area contributed by atoms with Crippen LogP contribution in [0.2, 0.25) is 5.02 Å². The van der Waals surface area contributed by atoms with Gasteiger partial charge in [0.1, 0.15) is 5.82 Å². The van der Waals surface area contributed by atoms with Crippen LogP contribution in [-0.4, -0.2) is 41.7 Å². The van der Waals surface area contributed by atoms with Crippen LogP contribution in [0.25, 0.3) is 6.08 Å². The molecule has 1 aliphatic heterocycles. The minimum Gasteiger partial charge on any atom is -0.362 e. The predicted octanol–water partition coefficient (Wildman–Crippen LogP) is 3.60. The van der Waals surface area contributed by atoms with Crippen LogP contribution >= 0.6 is 11.6 Å². The lowest BCUT2D eigenvalue weighted by molar-refractivity contribution is -0.198. The Kier molecular flexibility index (Phi) is 9.04. The Morgan fingerprint density at radius 3 is 2.72 bits per heavy atom. The number of hydroxylamine groups is 1. The number of anilines is 1. The van der Waals surface area contributed by atoms with Crippen LogP contribution in [0.1, 0.15) is 63.9 Å². The number of nitrogens with two attached hydrogens (primary N) is 1. The van der Waals surface area contributed by atoms with Crippen LogP contribution < -0.4 is 16.5 Å². The lowest BCUT2D eigenvalue weighted by Crippen LogP contribution is -2.54. The number of ketones is 1. The number of hydrogen-bond donors (Lipinski definition) is 3. The molecule has 2 unspecified atom stereocenters. The van der Waals surface area contributed by atoms with Crippen molar-refractivity contribution in [3.63, 3.8) is 0 Å². The van der Waals surface area contributed by atoms with E-state index in [9.17, 15) is 9.59 Å². The second-order valence-corrected chi connectivity index (χ2v) is 9.11. The van der Waals surface area contributed by atoms with Gasteiger partial charge in [-0.3, -0.25) is 9.59 Å². The number of carbonyl (C=O) groups is 2. The fraction of sp³-hybridized carbons (Fsp3) is 0.609. The summed E-state index contributed by atoms with van der Waals surface area (Å²) in [6, 6.07) is 1.67. The monoisotopic (exact) mass is 464 g/mol. The van der Waals surface area contributed by atoms with Gasteiger partial charge in [0.15, 0.2) is 12.1 Å². The Morgan fingerprint density at radius 2 is 2.03 bits per heavy atom. The van der Waals surface area contributed by atoms with Crippen molar-refractivity contribution in [2.24, 2.45) is 11.7 Å². The molecule has 2 atom stereocenters. The number of amides is 1. The molecule has 9 heteroatoms. The van der Waals surface area contributed by atoms with E-state index >= 15 is 0 Å². The number of carbonyl (C=O) groups excluding carboxylic acids is 2. The van der Waals surface area contributed by atoms with E-state index in [2.05, 4.69) is 15.8 Å². The summed E-state index contributed by atoms with van der Waals surface area (Å²) >= 11 is 6.31. The van der Waals surface area contributed by atoms with E-state index in [-0.39, 0.29) is 18.2 Å². The molecular formula is C23H33ClN4O4. The number of nitrogens with zero attached hydrogens (tertiary/aromatic N) is 1. The van der Waals surface area contributed by atoms with Gasteiger partial charge >= 0.3 is 0 Å². The van der Waals surface area contributed by atoms with Gasteiger partial charge in [-0.25, -0.2) is 15.3 Å². The number of ether oxygens (including phenoxy) is 1. The molecule has 3 rings (SSSR count). The van der Waals surface area contributed by atoms with Crippen molar-refractivity contribution in [3.05, 3.63) is 28.9 Å². The van der Waals surface area contributed by atoms with Crippen molar-refractivity contribution in [2.75, 3.05) is 18.5 Å². The number of nitrogens with one attached hydrogen (secondary N) is 2. The quantitative estimate of drug-likeness (QED) is 0.377. The van der Waals surface area contributed by atoms with Crippen LogP contribution in [0.15, 0.2) is 18.3 Å². The SMILES string of the molecule is CC(N)(C(=O)CNc1ncc(/C=C/C(=O)NOC2CCCCO2)cc1Cl)C1CCCCC1. The van der Waals surface area contributed by atoms with E-state index in [0.29, 0.717) is 23.0 Å². The Bertz CT molecular complexity index is 818. The molecule has 0 aromatic carbocycles. The van der Waals surface area contributed by atoms with Gasteiger partial charge in [-0.05, 0) is 56.2 Å². The summed E-state index contributed by atoms with van der Waals surface area (Å²) in [5, 5.41) is 3.35. The number of hydrogen-bond acceptors (Lipinski definition) is 7. The first-order valence-electron chi connectivity index (χ1n) is 11.3. The minimum atomic E-state index is -0.860. The Hall–Kier alpha value is -2.00. The molecular weight excluding hydrogens is 432 g/mol. The van der Waals surface area contributed by atoms with Crippen LogP contribution in [0, 0.1) is 5.92 Å². The van der Waals surface area contributed by atoms with Crippen molar-refractivity contribution < 1.29 is 19.2 Å². The zero-order chi connectivity index (χ0) is 23.0. The summed E-state index contributed by atoms with van der Waals surface area (Å²) in [7, 11) is 0. The maximum atomic E-state index is 12.7. The second kappa shape index (κ2) is 11.7. The molecule has 2 aliphatic rings. The minimum absolute atomic E-state index is 0.0511. The number of rotatable bonds is 9. The third-order valence-electron chi connectivity index (χ3n) is 6.19. The molecule has 2 heterocycles. The van der Waals surface area contributed by atoms with Crippen LogP contribution in [-0.2, 0) is 19.2 Å². The first kappa shape index (κ1) is 24.6. The highest BCUT2D eigenvalue weighted by molar-refractivity contribution is 6.33. The predicted molar refractivity (Wildman–Crippen MR) is 124 cm³/mol. The lowest BCUT2D eigenvalue weighted by atomic mass is 9.74. The average molecular weight is 465 g/mol. The molecule has 1 aromatic heterocycles. The summed E-state index contributed by atoms with van der Waals surface area (Å²) in [5.41, 5.74) is 8.53. The topological polar surface area (TPSA) is 116 Å². The first-order valence-corrected chi connectivity index (χ1v) is 11.7. The van der Waals surface area contributed by atoms with Crippen LogP contribution in [0.5, 0.6) is 0 Å². The number of Topliss-reactive ketones (excluding diaryl/α,β-unsaturated/α-hetero) is 1. The summed E-state index contributed by atoms with van der Waals surface area (Å²) in [6.45, 7) is 2.52. The largest absolute Gasteiger partial charge is 0.362 e. The lowest BCUT2D eigenvalue weighted by Gasteiger charge is -2.35. The van der Waals surface area contributed by atoms with Crippen LogP contribution in [0.3, 0.4) is 0 Å². The zero-order valence-corrected chi connectivity index (χ0v) is 19.3. The van der Waals surface area contributed by atoms with Crippen molar-refractivity contribution >= 4 is 35.2 Å². The third kappa shape index (κ3) is 7.00. The first-order chi connectivity index (χ1) is 15.4. The summed E-state index contributed by atoms with van der Waals surface area (Å²) in [6.07, 6.45) is 12.3. The third-order valence-corrected chi connectivity index (χ3v) is 6.48. The van der Waals surface area contributed by atoms with E-state index in [1.54, 1.807) is 18.3 Å². The van der Waals surface area contributed by atoms with E-state index in [0.717, 1.165) is 44.9 Å². The smallest absolute Gasteiger partial charge is 0.267 e. The molecule has 1 saturated carbocycles. The normalized spacial score (nSPS) is 21.8. The Labute approximate surface area is 194 Å². The standard InChI is InChI=1S/C23H33ClN4O4/c1-23(25,17-7-3-2-4-8-17)19(29)15-27-22-18(24)13-16(14-26-22)10-11-20(30)28-32-21-9-5-6-12-31-21/h10-11,13-14,17,21H,2-9,12,15,25H2,1H3,(H,26,27)(H,28,30)/b11-10+. The van der Waals surface area contributed by atoms with Gasteiger partial charge in [0.2, 0.25) is 0 Å². The molecule has 176 valence electrons. The van der Waals surface area contributed by atoms with Gasteiger partial charge in [-0.1, -0.05) is 30.9 Å².